The highest BCUT2D eigenvalue weighted by Gasteiger charge is 2.29. The van der Waals surface area contributed by atoms with Crippen molar-refractivity contribution in [2.75, 3.05) is 13.1 Å². The van der Waals surface area contributed by atoms with Crippen molar-refractivity contribution in [3.63, 3.8) is 0 Å². The van der Waals surface area contributed by atoms with E-state index in [1.807, 2.05) is 19.1 Å². The van der Waals surface area contributed by atoms with Crippen LogP contribution in [0.1, 0.15) is 43.7 Å². The van der Waals surface area contributed by atoms with Crippen molar-refractivity contribution in [1.29, 1.82) is 0 Å². The first-order chi connectivity index (χ1) is 11.6. The minimum Gasteiger partial charge on any atom is -0.481 e. The third kappa shape index (κ3) is 3.55. The predicted molar refractivity (Wildman–Crippen MR) is 91.7 cm³/mol. The van der Waals surface area contributed by atoms with Crippen molar-refractivity contribution in [3.05, 3.63) is 29.3 Å². The summed E-state index contributed by atoms with van der Waals surface area (Å²) in [5, 5.41) is 0. The Kier molecular flexibility index (Phi) is 5.07. The Hall–Kier alpha value is -2.04. The monoisotopic (exact) mass is 330 g/mol. The number of ether oxygens (including phenoxy) is 1. The summed E-state index contributed by atoms with van der Waals surface area (Å²) in [6.45, 7) is 2.96. The second-order valence-electron chi connectivity index (χ2n) is 6.86. The van der Waals surface area contributed by atoms with E-state index >= 15 is 0 Å². The van der Waals surface area contributed by atoms with Gasteiger partial charge in [0.15, 0.2) is 6.10 Å². The molecule has 0 radical (unpaired) electrons. The lowest BCUT2D eigenvalue weighted by atomic mass is 9.91. The van der Waals surface area contributed by atoms with Gasteiger partial charge in [0.1, 0.15) is 5.75 Å². The number of nitrogens with zero attached hydrogens (tertiary/aromatic N) is 1. The standard InChI is InChI=1S/C19H26N2O3/c1-13(19(23)21-11-9-15(10-12-21)18(20)22)24-17-8-4-6-14-5-2-3-7-16(14)17/h4,6,8,13,15H,2-3,5,7,9-12H2,1H3,(H2,20,22). The zero-order valence-electron chi connectivity index (χ0n) is 14.3. The molecule has 5 nitrogen and oxygen atoms in total. The van der Waals surface area contributed by atoms with E-state index in [-0.39, 0.29) is 17.7 Å². The van der Waals surface area contributed by atoms with Crippen LogP contribution in [0.15, 0.2) is 18.2 Å². The van der Waals surface area contributed by atoms with E-state index in [1.54, 1.807) is 4.90 Å². The minimum absolute atomic E-state index is 0.00803. The number of nitrogens with two attached hydrogens (primary N) is 1. The van der Waals surface area contributed by atoms with Crippen LogP contribution < -0.4 is 10.5 Å². The number of carbonyl (C=O) groups is 2. The number of primary amides is 1. The summed E-state index contributed by atoms with van der Waals surface area (Å²) in [5.74, 6) is 0.472. The molecule has 130 valence electrons. The lowest BCUT2D eigenvalue weighted by molar-refractivity contribution is -0.140. The van der Waals surface area contributed by atoms with Gasteiger partial charge in [-0.2, -0.15) is 0 Å². The van der Waals surface area contributed by atoms with Crippen LogP contribution >= 0.6 is 0 Å². The van der Waals surface area contributed by atoms with Gasteiger partial charge in [0.05, 0.1) is 0 Å². The third-order valence-electron chi connectivity index (χ3n) is 5.21. The van der Waals surface area contributed by atoms with Gasteiger partial charge in [-0.1, -0.05) is 12.1 Å². The molecule has 0 aromatic heterocycles. The first-order valence-corrected chi connectivity index (χ1v) is 8.92. The summed E-state index contributed by atoms with van der Waals surface area (Å²) in [4.78, 5) is 25.7. The Balaban J connectivity index is 1.62. The van der Waals surface area contributed by atoms with Crippen LogP contribution in [0.2, 0.25) is 0 Å². The number of benzene rings is 1. The number of hydrogen-bond acceptors (Lipinski definition) is 3. The van der Waals surface area contributed by atoms with E-state index in [0.29, 0.717) is 25.9 Å². The fraction of sp³-hybridized carbons (Fsp3) is 0.579. The molecule has 0 saturated carbocycles. The molecule has 1 fully saturated rings. The number of piperidine rings is 1. The average Bonchev–Trinajstić information content (AvgIpc) is 2.61. The molecule has 2 amide bonds. The second kappa shape index (κ2) is 7.24. The van der Waals surface area contributed by atoms with Gasteiger partial charge in [-0.3, -0.25) is 9.59 Å². The van der Waals surface area contributed by atoms with E-state index in [4.69, 9.17) is 10.5 Å². The normalized spacial score (nSPS) is 19.5. The van der Waals surface area contributed by atoms with Crippen LogP contribution in [0.25, 0.3) is 0 Å². The number of aryl methyl sites for hydroxylation is 1. The molecule has 1 heterocycles. The number of likely N-dealkylation sites (tertiary alicyclic amines) is 1. The highest BCUT2D eigenvalue weighted by Crippen LogP contribution is 2.30. The second-order valence-corrected chi connectivity index (χ2v) is 6.86. The van der Waals surface area contributed by atoms with Gasteiger partial charge in [0.25, 0.3) is 5.91 Å². The molecular formula is C19H26N2O3. The molecule has 24 heavy (non-hydrogen) atoms. The van der Waals surface area contributed by atoms with Crippen LogP contribution in [-0.4, -0.2) is 35.9 Å². The van der Waals surface area contributed by atoms with Gasteiger partial charge in [-0.05, 0) is 62.6 Å². The van der Waals surface area contributed by atoms with Crippen LogP contribution in [0.4, 0.5) is 0 Å². The molecule has 1 atom stereocenters. The molecular weight excluding hydrogens is 304 g/mol. The molecule has 1 unspecified atom stereocenters. The summed E-state index contributed by atoms with van der Waals surface area (Å²) in [7, 11) is 0. The van der Waals surface area contributed by atoms with Gasteiger partial charge in [-0.25, -0.2) is 0 Å². The first kappa shape index (κ1) is 16.8. The maximum absolute atomic E-state index is 12.6. The Bertz CT molecular complexity index is 621. The van der Waals surface area contributed by atoms with Gasteiger partial charge < -0.3 is 15.4 Å². The van der Waals surface area contributed by atoms with E-state index < -0.39 is 6.10 Å². The van der Waals surface area contributed by atoms with Crippen molar-refractivity contribution < 1.29 is 14.3 Å². The van der Waals surface area contributed by atoms with Crippen molar-refractivity contribution >= 4 is 11.8 Å². The fourth-order valence-electron chi connectivity index (χ4n) is 3.74. The Morgan fingerprint density at radius 1 is 1.21 bits per heavy atom. The van der Waals surface area contributed by atoms with Crippen LogP contribution in [-0.2, 0) is 22.4 Å². The van der Waals surface area contributed by atoms with Gasteiger partial charge >= 0.3 is 0 Å². The Morgan fingerprint density at radius 2 is 1.92 bits per heavy atom. The molecule has 0 spiro atoms. The summed E-state index contributed by atoms with van der Waals surface area (Å²) in [5.41, 5.74) is 7.96. The molecule has 5 heteroatoms. The quantitative estimate of drug-likeness (QED) is 0.918. The fourth-order valence-corrected chi connectivity index (χ4v) is 3.74. The van der Waals surface area contributed by atoms with Crippen LogP contribution in [0.5, 0.6) is 5.75 Å². The molecule has 2 N–H and O–H groups in total. The zero-order chi connectivity index (χ0) is 17.1. The molecule has 3 rings (SSSR count). The Morgan fingerprint density at radius 3 is 2.62 bits per heavy atom. The first-order valence-electron chi connectivity index (χ1n) is 8.92. The van der Waals surface area contributed by atoms with Crippen molar-refractivity contribution in [1.82, 2.24) is 4.90 Å². The minimum atomic E-state index is -0.511. The highest BCUT2D eigenvalue weighted by atomic mass is 16.5. The smallest absolute Gasteiger partial charge is 0.263 e. The summed E-state index contributed by atoms with van der Waals surface area (Å²) >= 11 is 0. The highest BCUT2D eigenvalue weighted by molar-refractivity contribution is 5.82. The zero-order valence-corrected chi connectivity index (χ0v) is 14.3. The molecule has 1 aromatic carbocycles. The molecule has 1 aromatic rings. The van der Waals surface area contributed by atoms with E-state index in [0.717, 1.165) is 18.6 Å². The Labute approximate surface area is 143 Å². The lowest BCUT2D eigenvalue weighted by Crippen LogP contribution is -2.46. The van der Waals surface area contributed by atoms with Crippen LogP contribution in [0.3, 0.4) is 0 Å². The largest absolute Gasteiger partial charge is 0.481 e. The van der Waals surface area contributed by atoms with Crippen molar-refractivity contribution in [3.8, 4) is 5.75 Å². The summed E-state index contributed by atoms with van der Waals surface area (Å²) in [6, 6.07) is 6.13. The SMILES string of the molecule is CC(Oc1cccc2c1CCCC2)C(=O)N1CCC(C(N)=O)CC1. The molecule has 1 saturated heterocycles. The molecule has 1 aliphatic heterocycles. The summed E-state index contributed by atoms with van der Waals surface area (Å²) in [6.07, 6.45) is 5.30. The lowest BCUT2D eigenvalue weighted by Gasteiger charge is -2.32. The molecule has 0 bridgehead atoms. The van der Waals surface area contributed by atoms with Crippen molar-refractivity contribution in [2.24, 2.45) is 11.7 Å². The number of amides is 2. The third-order valence-corrected chi connectivity index (χ3v) is 5.21. The maximum atomic E-state index is 12.6. The van der Waals surface area contributed by atoms with E-state index in [1.165, 1.54) is 24.0 Å². The van der Waals surface area contributed by atoms with Gasteiger partial charge in [0.2, 0.25) is 5.91 Å². The van der Waals surface area contributed by atoms with Gasteiger partial charge in [-0.15, -0.1) is 0 Å². The number of hydrogen-bond donors (Lipinski definition) is 1. The van der Waals surface area contributed by atoms with E-state index in [2.05, 4.69) is 6.07 Å². The predicted octanol–water partition coefficient (Wildman–Crippen LogP) is 2.06. The molecule has 1 aliphatic carbocycles. The van der Waals surface area contributed by atoms with Crippen molar-refractivity contribution in [2.45, 2.75) is 51.6 Å². The van der Waals surface area contributed by atoms with Gasteiger partial charge in [0, 0.05) is 19.0 Å². The summed E-state index contributed by atoms with van der Waals surface area (Å²) < 4.78 is 6.02. The van der Waals surface area contributed by atoms with Crippen LogP contribution in [0, 0.1) is 5.92 Å². The number of fused-ring (bicyclic) bond motifs is 1. The van der Waals surface area contributed by atoms with E-state index in [9.17, 15) is 9.59 Å². The number of rotatable bonds is 4. The maximum Gasteiger partial charge on any atom is 0.263 e. The number of carbonyl (C=O) groups excluding carboxylic acids is 2. The topological polar surface area (TPSA) is 72.6 Å². The average molecular weight is 330 g/mol. The molecule has 2 aliphatic rings.